The molecule has 0 saturated heterocycles. The number of fused-ring (bicyclic) bond motifs is 1. The van der Waals surface area contributed by atoms with E-state index in [9.17, 15) is 4.79 Å². The zero-order valence-corrected chi connectivity index (χ0v) is 16.8. The summed E-state index contributed by atoms with van der Waals surface area (Å²) in [6, 6.07) is 19.6. The molecule has 4 rings (SSSR count). The zero-order chi connectivity index (χ0) is 20.2. The fourth-order valence-electron chi connectivity index (χ4n) is 3.52. The third kappa shape index (κ3) is 4.57. The number of hydrogen-bond donors (Lipinski definition) is 1. The molecule has 2 aromatic carbocycles. The maximum absolute atomic E-state index is 13.0. The number of amides is 1. The Kier molecular flexibility index (Phi) is 5.47. The van der Waals surface area contributed by atoms with Crippen LogP contribution in [0.5, 0.6) is 5.75 Å². The summed E-state index contributed by atoms with van der Waals surface area (Å²) < 4.78 is 5.67. The SMILES string of the molecule is CC(C)Oc1ccc(Nc2cc(C(=O)N3CCc4ccccc4C3)ccn2)cc1. The van der Waals surface area contributed by atoms with Gasteiger partial charge < -0.3 is 15.0 Å². The van der Waals surface area contributed by atoms with E-state index < -0.39 is 0 Å². The van der Waals surface area contributed by atoms with E-state index in [4.69, 9.17) is 4.74 Å². The predicted molar refractivity (Wildman–Crippen MR) is 115 cm³/mol. The molecule has 0 bridgehead atoms. The third-order valence-corrected chi connectivity index (χ3v) is 4.92. The van der Waals surface area contributed by atoms with Crippen molar-refractivity contribution in [3.8, 4) is 5.75 Å². The van der Waals surface area contributed by atoms with Crippen LogP contribution >= 0.6 is 0 Å². The van der Waals surface area contributed by atoms with E-state index in [-0.39, 0.29) is 12.0 Å². The maximum Gasteiger partial charge on any atom is 0.254 e. The molecule has 5 nitrogen and oxygen atoms in total. The first-order valence-electron chi connectivity index (χ1n) is 9.94. The highest BCUT2D eigenvalue weighted by atomic mass is 16.5. The molecule has 1 aromatic heterocycles. The fourth-order valence-corrected chi connectivity index (χ4v) is 3.52. The van der Waals surface area contributed by atoms with Crippen molar-refractivity contribution in [3.05, 3.63) is 83.6 Å². The first-order valence-corrected chi connectivity index (χ1v) is 9.94. The molecule has 3 aromatic rings. The molecule has 0 spiro atoms. The van der Waals surface area contributed by atoms with E-state index >= 15 is 0 Å². The lowest BCUT2D eigenvalue weighted by Gasteiger charge is -2.29. The van der Waals surface area contributed by atoms with Crippen LogP contribution in [0, 0.1) is 0 Å². The second kappa shape index (κ2) is 8.35. The second-order valence-corrected chi connectivity index (χ2v) is 7.49. The summed E-state index contributed by atoms with van der Waals surface area (Å²) in [7, 11) is 0. The Balaban J connectivity index is 1.45. The van der Waals surface area contributed by atoms with Crippen LogP contribution in [0.25, 0.3) is 0 Å². The predicted octanol–water partition coefficient (Wildman–Crippen LogP) is 4.81. The van der Waals surface area contributed by atoms with Gasteiger partial charge in [-0.3, -0.25) is 4.79 Å². The minimum Gasteiger partial charge on any atom is -0.491 e. The highest BCUT2D eigenvalue weighted by molar-refractivity contribution is 5.95. The van der Waals surface area contributed by atoms with Gasteiger partial charge in [0.05, 0.1) is 6.10 Å². The molecule has 148 valence electrons. The molecule has 1 amide bonds. The lowest BCUT2D eigenvalue weighted by Crippen LogP contribution is -2.35. The average molecular weight is 387 g/mol. The van der Waals surface area contributed by atoms with Crippen molar-refractivity contribution in [1.29, 1.82) is 0 Å². The largest absolute Gasteiger partial charge is 0.491 e. The number of ether oxygens (including phenoxy) is 1. The molecule has 0 aliphatic carbocycles. The summed E-state index contributed by atoms with van der Waals surface area (Å²) in [6.07, 6.45) is 2.70. The van der Waals surface area contributed by atoms with E-state index in [1.54, 1.807) is 18.3 Å². The van der Waals surface area contributed by atoms with Crippen molar-refractivity contribution < 1.29 is 9.53 Å². The summed E-state index contributed by atoms with van der Waals surface area (Å²) in [5, 5.41) is 3.26. The van der Waals surface area contributed by atoms with E-state index in [1.807, 2.05) is 49.1 Å². The van der Waals surface area contributed by atoms with Crippen LogP contribution in [0.4, 0.5) is 11.5 Å². The van der Waals surface area contributed by atoms with Gasteiger partial charge in [-0.2, -0.15) is 0 Å². The molecular formula is C24H25N3O2. The van der Waals surface area contributed by atoms with E-state index in [2.05, 4.69) is 28.5 Å². The van der Waals surface area contributed by atoms with Gasteiger partial charge in [-0.1, -0.05) is 24.3 Å². The number of nitrogens with zero attached hydrogens (tertiary/aromatic N) is 2. The Morgan fingerprint density at radius 1 is 1.07 bits per heavy atom. The number of nitrogens with one attached hydrogen (secondary N) is 1. The first-order chi connectivity index (χ1) is 14.1. The first kappa shape index (κ1) is 19.0. The number of carbonyl (C=O) groups excluding carboxylic acids is 1. The topological polar surface area (TPSA) is 54.5 Å². The fraction of sp³-hybridized carbons (Fsp3) is 0.250. The van der Waals surface area contributed by atoms with Crippen molar-refractivity contribution in [1.82, 2.24) is 9.88 Å². The molecule has 0 fully saturated rings. The highest BCUT2D eigenvalue weighted by Crippen LogP contribution is 2.23. The van der Waals surface area contributed by atoms with Crippen molar-refractivity contribution in [3.63, 3.8) is 0 Å². The molecule has 0 saturated carbocycles. The monoisotopic (exact) mass is 387 g/mol. The Morgan fingerprint density at radius 2 is 1.83 bits per heavy atom. The molecule has 1 aliphatic rings. The maximum atomic E-state index is 13.0. The minimum absolute atomic E-state index is 0.0330. The van der Waals surface area contributed by atoms with Gasteiger partial charge in [-0.05, 0) is 67.8 Å². The van der Waals surface area contributed by atoms with Gasteiger partial charge in [-0.25, -0.2) is 4.98 Å². The molecule has 1 N–H and O–H groups in total. The summed E-state index contributed by atoms with van der Waals surface area (Å²) in [4.78, 5) is 19.3. The van der Waals surface area contributed by atoms with Crippen LogP contribution < -0.4 is 10.1 Å². The van der Waals surface area contributed by atoms with E-state index in [0.717, 1.165) is 24.4 Å². The Morgan fingerprint density at radius 3 is 2.59 bits per heavy atom. The van der Waals surface area contributed by atoms with E-state index in [1.165, 1.54) is 11.1 Å². The molecular weight excluding hydrogens is 362 g/mol. The van der Waals surface area contributed by atoms with Gasteiger partial charge in [0.2, 0.25) is 0 Å². The number of benzene rings is 2. The van der Waals surface area contributed by atoms with Crippen molar-refractivity contribution in [2.45, 2.75) is 32.9 Å². The number of aromatic nitrogens is 1. The van der Waals surface area contributed by atoms with Crippen LogP contribution in [0.2, 0.25) is 0 Å². The van der Waals surface area contributed by atoms with Gasteiger partial charge >= 0.3 is 0 Å². The minimum atomic E-state index is 0.0330. The Bertz CT molecular complexity index is 999. The number of rotatable bonds is 5. The van der Waals surface area contributed by atoms with Gasteiger partial charge in [0.1, 0.15) is 11.6 Å². The van der Waals surface area contributed by atoms with Gasteiger partial charge in [0, 0.05) is 30.5 Å². The third-order valence-electron chi connectivity index (χ3n) is 4.92. The molecule has 29 heavy (non-hydrogen) atoms. The highest BCUT2D eigenvalue weighted by Gasteiger charge is 2.21. The summed E-state index contributed by atoms with van der Waals surface area (Å²) in [5.74, 6) is 1.50. The Hall–Kier alpha value is -3.34. The molecule has 5 heteroatoms. The Labute approximate surface area is 171 Å². The van der Waals surface area contributed by atoms with Crippen LogP contribution in [0.3, 0.4) is 0 Å². The van der Waals surface area contributed by atoms with Crippen LogP contribution in [-0.2, 0) is 13.0 Å². The van der Waals surface area contributed by atoms with Gasteiger partial charge in [0.15, 0.2) is 0 Å². The molecule has 2 heterocycles. The number of hydrogen-bond acceptors (Lipinski definition) is 4. The number of pyridine rings is 1. The smallest absolute Gasteiger partial charge is 0.254 e. The molecule has 0 atom stereocenters. The van der Waals surface area contributed by atoms with E-state index in [0.29, 0.717) is 17.9 Å². The lowest BCUT2D eigenvalue weighted by molar-refractivity contribution is 0.0734. The van der Waals surface area contributed by atoms with Crippen molar-refractivity contribution in [2.75, 3.05) is 11.9 Å². The summed E-state index contributed by atoms with van der Waals surface area (Å²) in [5.41, 5.74) is 4.09. The van der Waals surface area contributed by atoms with Crippen LogP contribution in [0.1, 0.15) is 35.3 Å². The molecule has 1 aliphatic heterocycles. The van der Waals surface area contributed by atoms with Crippen molar-refractivity contribution in [2.24, 2.45) is 0 Å². The van der Waals surface area contributed by atoms with Crippen molar-refractivity contribution >= 4 is 17.4 Å². The van der Waals surface area contributed by atoms with Gasteiger partial charge in [0.25, 0.3) is 5.91 Å². The number of anilines is 2. The standard InChI is InChI=1S/C24H25N3O2/c1-17(2)29-22-9-7-21(8-10-22)26-23-15-19(11-13-25-23)24(28)27-14-12-18-5-3-4-6-20(18)16-27/h3-11,13,15,17H,12,14,16H2,1-2H3,(H,25,26). The lowest BCUT2D eigenvalue weighted by atomic mass is 9.99. The normalized spacial score (nSPS) is 13.1. The number of carbonyl (C=O) groups is 1. The van der Waals surface area contributed by atoms with Gasteiger partial charge in [-0.15, -0.1) is 0 Å². The quantitative estimate of drug-likeness (QED) is 0.683. The summed E-state index contributed by atoms with van der Waals surface area (Å²) >= 11 is 0. The van der Waals surface area contributed by atoms with Crippen LogP contribution in [-0.4, -0.2) is 28.4 Å². The average Bonchev–Trinajstić information content (AvgIpc) is 2.74. The molecule has 0 radical (unpaired) electrons. The van der Waals surface area contributed by atoms with Crippen LogP contribution in [0.15, 0.2) is 66.9 Å². The zero-order valence-electron chi connectivity index (χ0n) is 16.8. The molecule has 0 unspecified atom stereocenters. The summed E-state index contributed by atoms with van der Waals surface area (Å²) in [6.45, 7) is 5.38. The second-order valence-electron chi connectivity index (χ2n) is 7.49.